The first kappa shape index (κ1) is 17.9. The van der Waals surface area contributed by atoms with Crippen molar-refractivity contribution in [1.82, 2.24) is 10.6 Å². The van der Waals surface area contributed by atoms with Crippen molar-refractivity contribution in [2.24, 2.45) is 0 Å². The van der Waals surface area contributed by atoms with Crippen LogP contribution in [0.25, 0.3) is 0 Å². The van der Waals surface area contributed by atoms with Crippen LogP contribution in [0.15, 0.2) is 42.5 Å². The molecule has 1 unspecified atom stereocenters. The molecule has 0 heterocycles. The van der Waals surface area contributed by atoms with Crippen molar-refractivity contribution in [1.29, 1.82) is 0 Å². The zero-order valence-electron chi connectivity index (χ0n) is 13.6. The van der Waals surface area contributed by atoms with Crippen molar-refractivity contribution < 1.29 is 18.7 Å². The molecule has 1 atom stereocenters. The number of aliphatic hydroxyl groups is 1. The summed E-state index contributed by atoms with van der Waals surface area (Å²) in [5.41, 5.74) is 0.328. The number of hydrogen-bond donors (Lipinski definition) is 3. The molecule has 6 heteroatoms. The number of halogens is 2. The molecule has 0 aliphatic heterocycles. The first-order valence-corrected chi connectivity index (χ1v) is 7.53. The Kier molecular flexibility index (Phi) is 5.51. The topological polar surface area (TPSA) is 61.4 Å². The van der Waals surface area contributed by atoms with Gasteiger partial charge >= 0.3 is 6.03 Å². The van der Waals surface area contributed by atoms with Crippen LogP contribution in [-0.4, -0.2) is 17.7 Å². The predicted octanol–water partition coefficient (Wildman–Crippen LogP) is 2.98. The third-order valence-corrected chi connectivity index (χ3v) is 3.68. The van der Waals surface area contributed by atoms with Gasteiger partial charge < -0.3 is 15.7 Å². The summed E-state index contributed by atoms with van der Waals surface area (Å²) in [4.78, 5) is 11.8. The standard InChI is InChI=1S/C18H20F2N2O2/c1-12-3-5-13(6-4-12)10-21-17(23)22-11-18(2,24)15-8-7-14(19)9-16(15)20/h3-9,24H,10-11H2,1-2H3,(H2,21,22,23). The lowest BCUT2D eigenvalue weighted by Crippen LogP contribution is -2.43. The van der Waals surface area contributed by atoms with Gasteiger partial charge in [-0.2, -0.15) is 0 Å². The van der Waals surface area contributed by atoms with Crippen LogP contribution in [0.4, 0.5) is 13.6 Å². The van der Waals surface area contributed by atoms with Gasteiger partial charge in [0.25, 0.3) is 0 Å². The largest absolute Gasteiger partial charge is 0.383 e. The Bertz CT molecular complexity index is 715. The van der Waals surface area contributed by atoms with Crippen LogP contribution in [-0.2, 0) is 12.1 Å². The maximum absolute atomic E-state index is 13.7. The van der Waals surface area contributed by atoms with Gasteiger partial charge in [0.05, 0.1) is 6.54 Å². The highest BCUT2D eigenvalue weighted by Crippen LogP contribution is 2.23. The molecule has 2 amide bonds. The van der Waals surface area contributed by atoms with Gasteiger partial charge in [-0.1, -0.05) is 35.9 Å². The lowest BCUT2D eigenvalue weighted by molar-refractivity contribution is 0.0555. The number of rotatable bonds is 5. The molecule has 4 nitrogen and oxygen atoms in total. The minimum atomic E-state index is -1.65. The third kappa shape index (κ3) is 4.76. The molecule has 24 heavy (non-hydrogen) atoms. The van der Waals surface area contributed by atoms with E-state index < -0.39 is 23.3 Å². The molecule has 0 aliphatic carbocycles. The SMILES string of the molecule is Cc1ccc(CNC(=O)NCC(C)(O)c2ccc(F)cc2F)cc1. The maximum Gasteiger partial charge on any atom is 0.315 e. The lowest BCUT2D eigenvalue weighted by Gasteiger charge is -2.24. The molecule has 0 spiro atoms. The Morgan fingerprint density at radius 1 is 1.12 bits per heavy atom. The first-order chi connectivity index (χ1) is 11.3. The minimum Gasteiger partial charge on any atom is -0.383 e. The summed E-state index contributed by atoms with van der Waals surface area (Å²) < 4.78 is 26.7. The summed E-state index contributed by atoms with van der Waals surface area (Å²) >= 11 is 0. The summed E-state index contributed by atoms with van der Waals surface area (Å²) in [6.07, 6.45) is 0. The van der Waals surface area contributed by atoms with Crippen molar-refractivity contribution in [2.45, 2.75) is 26.0 Å². The van der Waals surface area contributed by atoms with E-state index in [2.05, 4.69) is 10.6 Å². The molecule has 0 bridgehead atoms. The van der Waals surface area contributed by atoms with Crippen molar-refractivity contribution >= 4 is 6.03 Å². The van der Waals surface area contributed by atoms with Crippen molar-refractivity contribution in [3.8, 4) is 0 Å². The van der Waals surface area contributed by atoms with E-state index in [4.69, 9.17) is 0 Å². The Labute approximate surface area is 139 Å². The van der Waals surface area contributed by atoms with Crippen molar-refractivity contribution in [3.05, 3.63) is 70.8 Å². The highest BCUT2D eigenvalue weighted by molar-refractivity contribution is 5.73. The van der Waals surface area contributed by atoms with Gasteiger partial charge in [-0.15, -0.1) is 0 Å². The maximum atomic E-state index is 13.7. The second-order valence-corrected chi connectivity index (χ2v) is 5.92. The van der Waals surface area contributed by atoms with E-state index in [1.807, 2.05) is 31.2 Å². The fourth-order valence-corrected chi connectivity index (χ4v) is 2.22. The van der Waals surface area contributed by atoms with Gasteiger partial charge in [-0.3, -0.25) is 0 Å². The highest BCUT2D eigenvalue weighted by Gasteiger charge is 2.27. The smallest absolute Gasteiger partial charge is 0.315 e. The summed E-state index contributed by atoms with van der Waals surface area (Å²) in [6, 6.07) is 10.1. The second-order valence-electron chi connectivity index (χ2n) is 5.92. The Morgan fingerprint density at radius 2 is 1.79 bits per heavy atom. The number of carbonyl (C=O) groups excluding carboxylic acids is 1. The molecule has 0 fully saturated rings. The molecular formula is C18H20F2N2O2. The average Bonchev–Trinajstić information content (AvgIpc) is 2.52. The van der Waals surface area contributed by atoms with Crippen LogP contribution < -0.4 is 10.6 Å². The summed E-state index contributed by atoms with van der Waals surface area (Å²) in [5, 5.41) is 15.5. The normalized spacial score (nSPS) is 13.2. The van der Waals surface area contributed by atoms with Gasteiger partial charge in [0.2, 0.25) is 0 Å². The molecule has 0 aromatic heterocycles. The van der Waals surface area contributed by atoms with Gasteiger partial charge in [-0.05, 0) is 25.5 Å². The van der Waals surface area contributed by atoms with Crippen LogP contribution in [0, 0.1) is 18.6 Å². The minimum absolute atomic E-state index is 0.0808. The van der Waals surface area contributed by atoms with E-state index in [-0.39, 0.29) is 12.1 Å². The van der Waals surface area contributed by atoms with Crippen molar-refractivity contribution in [2.75, 3.05) is 6.54 Å². The van der Waals surface area contributed by atoms with Gasteiger partial charge in [0.15, 0.2) is 0 Å². The number of nitrogens with one attached hydrogen (secondary N) is 2. The number of hydrogen-bond acceptors (Lipinski definition) is 2. The van der Waals surface area contributed by atoms with Crippen LogP contribution in [0.5, 0.6) is 0 Å². The first-order valence-electron chi connectivity index (χ1n) is 7.53. The number of aryl methyl sites for hydroxylation is 1. The fraction of sp³-hybridized carbons (Fsp3) is 0.278. The van der Waals surface area contributed by atoms with E-state index in [9.17, 15) is 18.7 Å². The van der Waals surface area contributed by atoms with Crippen molar-refractivity contribution in [3.63, 3.8) is 0 Å². The fourth-order valence-electron chi connectivity index (χ4n) is 2.22. The van der Waals surface area contributed by atoms with Gasteiger partial charge in [-0.25, -0.2) is 13.6 Å². The molecule has 2 rings (SSSR count). The lowest BCUT2D eigenvalue weighted by atomic mass is 9.95. The van der Waals surface area contributed by atoms with Crippen LogP contribution in [0.2, 0.25) is 0 Å². The summed E-state index contributed by atoms with van der Waals surface area (Å²) in [7, 11) is 0. The zero-order chi connectivity index (χ0) is 17.7. The molecule has 0 saturated heterocycles. The van der Waals surface area contributed by atoms with E-state index >= 15 is 0 Å². The van der Waals surface area contributed by atoms with Gasteiger partial charge in [0, 0.05) is 18.2 Å². The molecule has 0 saturated carbocycles. The number of amides is 2. The quantitative estimate of drug-likeness (QED) is 0.787. The third-order valence-electron chi connectivity index (χ3n) is 3.68. The predicted molar refractivity (Wildman–Crippen MR) is 87.3 cm³/mol. The van der Waals surface area contributed by atoms with E-state index in [0.717, 1.165) is 23.3 Å². The van der Waals surface area contributed by atoms with Gasteiger partial charge in [0.1, 0.15) is 17.2 Å². The molecule has 3 N–H and O–H groups in total. The Morgan fingerprint density at radius 3 is 2.42 bits per heavy atom. The van der Waals surface area contributed by atoms with Crippen LogP contribution in [0.3, 0.4) is 0 Å². The van der Waals surface area contributed by atoms with Crippen LogP contribution >= 0.6 is 0 Å². The molecule has 0 aliphatic rings. The monoisotopic (exact) mass is 334 g/mol. The number of benzene rings is 2. The summed E-state index contributed by atoms with van der Waals surface area (Å²) in [5.74, 6) is -1.59. The summed E-state index contributed by atoms with van der Waals surface area (Å²) in [6.45, 7) is 3.44. The van der Waals surface area contributed by atoms with E-state index in [0.29, 0.717) is 12.6 Å². The zero-order valence-corrected chi connectivity index (χ0v) is 13.6. The molecule has 2 aromatic rings. The molecule has 128 valence electrons. The van der Waals surface area contributed by atoms with E-state index in [1.165, 1.54) is 6.92 Å². The number of carbonyl (C=O) groups is 1. The average molecular weight is 334 g/mol. The molecular weight excluding hydrogens is 314 g/mol. The second kappa shape index (κ2) is 7.40. The Balaban J connectivity index is 1.89. The molecule has 2 aromatic carbocycles. The molecule has 0 radical (unpaired) electrons. The van der Waals surface area contributed by atoms with E-state index in [1.54, 1.807) is 0 Å². The van der Waals surface area contributed by atoms with Crippen LogP contribution in [0.1, 0.15) is 23.6 Å². The number of urea groups is 1. The Hall–Kier alpha value is -2.47. The highest BCUT2D eigenvalue weighted by atomic mass is 19.1.